The SMILES string of the molecule is CCS(=O)(=O)Nc1cc(Cl)cc(COc2c(Cl)cc(NC(=O)CC(=O)O)cc2Cl)c1. The summed E-state index contributed by atoms with van der Waals surface area (Å²) < 4.78 is 31.5. The standard InChI is InChI=1S/C18H17Cl3N2O6S/c1-2-30(27,28)23-13-4-10(3-11(19)5-13)9-29-18-14(20)6-12(7-15(18)21)22-16(24)8-17(25)26/h3-7,23H,2,8-9H2,1H3,(H,22,24)(H,25,26). The number of halogens is 3. The number of carbonyl (C=O) groups excluding carboxylic acids is 1. The number of aliphatic carboxylic acids is 1. The van der Waals surface area contributed by atoms with E-state index >= 15 is 0 Å². The van der Waals surface area contributed by atoms with E-state index in [4.69, 9.17) is 44.6 Å². The van der Waals surface area contributed by atoms with E-state index < -0.39 is 28.3 Å². The highest BCUT2D eigenvalue weighted by molar-refractivity contribution is 7.92. The van der Waals surface area contributed by atoms with E-state index in [1.807, 2.05) is 0 Å². The number of carboxylic acids is 1. The number of sulfonamides is 1. The van der Waals surface area contributed by atoms with E-state index in [2.05, 4.69) is 10.0 Å². The van der Waals surface area contributed by atoms with Crippen molar-refractivity contribution >= 4 is 68.1 Å². The molecule has 162 valence electrons. The highest BCUT2D eigenvalue weighted by atomic mass is 35.5. The Bertz CT molecular complexity index is 1050. The van der Waals surface area contributed by atoms with Crippen molar-refractivity contribution in [2.75, 3.05) is 15.8 Å². The first-order valence-electron chi connectivity index (χ1n) is 8.42. The lowest BCUT2D eigenvalue weighted by molar-refractivity contribution is -0.139. The van der Waals surface area contributed by atoms with E-state index in [0.29, 0.717) is 10.6 Å². The van der Waals surface area contributed by atoms with Crippen LogP contribution in [0.1, 0.15) is 18.9 Å². The molecule has 0 saturated heterocycles. The van der Waals surface area contributed by atoms with Gasteiger partial charge in [-0.05, 0) is 42.8 Å². The molecule has 0 saturated carbocycles. The lowest BCUT2D eigenvalue weighted by Gasteiger charge is -2.14. The first kappa shape index (κ1) is 24.1. The highest BCUT2D eigenvalue weighted by Crippen LogP contribution is 2.37. The molecule has 12 heteroatoms. The largest absolute Gasteiger partial charge is 0.486 e. The number of nitrogens with one attached hydrogen (secondary N) is 2. The number of carbonyl (C=O) groups is 2. The summed E-state index contributed by atoms with van der Waals surface area (Å²) in [6.07, 6.45) is -0.702. The number of carboxylic acid groups (broad SMARTS) is 1. The molecule has 0 fully saturated rings. The Kier molecular flexibility index (Phi) is 8.19. The topological polar surface area (TPSA) is 122 Å². The summed E-state index contributed by atoms with van der Waals surface area (Å²) in [4.78, 5) is 22.1. The molecule has 2 aromatic carbocycles. The smallest absolute Gasteiger partial charge is 0.312 e. The van der Waals surface area contributed by atoms with E-state index in [1.165, 1.54) is 25.1 Å². The zero-order chi connectivity index (χ0) is 22.5. The molecule has 1 amide bonds. The summed E-state index contributed by atoms with van der Waals surface area (Å²) in [6.45, 7) is 1.49. The highest BCUT2D eigenvalue weighted by Gasteiger charge is 2.14. The minimum absolute atomic E-state index is 0.0222. The zero-order valence-electron chi connectivity index (χ0n) is 15.5. The van der Waals surface area contributed by atoms with Crippen molar-refractivity contribution in [2.24, 2.45) is 0 Å². The molecule has 30 heavy (non-hydrogen) atoms. The van der Waals surface area contributed by atoms with Crippen molar-refractivity contribution < 1.29 is 27.9 Å². The molecule has 0 aliphatic rings. The molecule has 0 radical (unpaired) electrons. The van der Waals surface area contributed by atoms with Gasteiger partial charge in [-0.25, -0.2) is 8.42 Å². The van der Waals surface area contributed by atoms with E-state index in [9.17, 15) is 18.0 Å². The third kappa shape index (κ3) is 7.24. The number of ether oxygens (including phenoxy) is 1. The van der Waals surface area contributed by atoms with Crippen LogP contribution in [-0.2, 0) is 26.2 Å². The van der Waals surface area contributed by atoms with Crippen molar-refractivity contribution in [1.29, 1.82) is 0 Å². The molecule has 0 spiro atoms. The average Bonchev–Trinajstić information content (AvgIpc) is 2.59. The van der Waals surface area contributed by atoms with Crippen molar-refractivity contribution in [3.63, 3.8) is 0 Å². The molecule has 8 nitrogen and oxygen atoms in total. The van der Waals surface area contributed by atoms with Crippen LogP contribution in [0.3, 0.4) is 0 Å². The Labute approximate surface area is 188 Å². The quantitative estimate of drug-likeness (QED) is 0.443. The summed E-state index contributed by atoms with van der Waals surface area (Å²) in [7, 11) is -3.47. The molecular formula is C18H17Cl3N2O6S. The van der Waals surface area contributed by atoms with Gasteiger partial charge in [-0.1, -0.05) is 34.8 Å². The van der Waals surface area contributed by atoms with Gasteiger partial charge in [0.15, 0.2) is 5.75 Å². The van der Waals surface area contributed by atoms with Crippen LogP contribution >= 0.6 is 34.8 Å². The lowest BCUT2D eigenvalue weighted by atomic mass is 10.2. The van der Waals surface area contributed by atoms with Gasteiger partial charge in [-0.2, -0.15) is 0 Å². The summed E-state index contributed by atoms with van der Waals surface area (Å²) in [5.74, 6) is -1.97. The molecule has 0 unspecified atom stereocenters. The van der Waals surface area contributed by atoms with E-state index in [1.54, 1.807) is 12.1 Å². The number of amides is 1. The van der Waals surface area contributed by atoms with E-state index in [0.717, 1.165) is 0 Å². The molecule has 2 rings (SSSR count). The third-order valence-corrected chi connectivity index (χ3v) is 5.67. The van der Waals surface area contributed by atoms with E-state index in [-0.39, 0.29) is 39.5 Å². The predicted molar refractivity (Wildman–Crippen MR) is 116 cm³/mol. The number of hydrogen-bond acceptors (Lipinski definition) is 5. The lowest BCUT2D eigenvalue weighted by Crippen LogP contribution is -2.16. The number of hydrogen-bond donors (Lipinski definition) is 3. The molecule has 0 atom stereocenters. The first-order valence-corrected chi connectivity index (χ1v) is 11.2. The second-order valence-corrected chi connectivity index (χ2v) is 9.29. The van der Waals surface area contributed by atoms with Crippen molar-refractivity contribution in [3.05, 3.63) is 51.0 Å². The monoisotopic (exact) mass is 494 g/mol. The van der Waals surface area contributed by atoms with Gasteiger partial charge in [0.25, 0.3) is 0 Å². The Balaban J connectivity index is 2.15. The van der Waals surface area contributed by atoms with Gasteiger partial charge in [-0.3, -0.25) is 14.3 Å². The minimum atomic E-state index is -3.47. The normalized spacial score (nSPS) is 11.1. The van der Waals surface area contributed by atoms with Crippen LogP contribution in [0.25, 0.3) is 0 Å². The van der Waals surface area contributed by atoms with Crippen molar-refractivity contribution in [2.45, 2.75) is 20.0 Å². The second kappa shape index (κ2) is 10.2. The van der Waals surface area contributed by atoms with Gasteiger partial charge in [-0.15, -0.1) is 0 Å². The number of anilines is 2. The van der Waals surface area contributed by atoms with Gasteiger partial charge in [0.2, 0.25) is 15.9 Å². The van der Waals surface area contributed by atoms with Crippen LogP contribution in [0, 0.1) is 0 Å². The molecule has 2 aromatic rings. The van der Waals surface area contributed by atoms with Crippen LogP contribution in [0.4, 0.5) is 11.4 Å². The summed E-state index contributed by atoms with van der Waals surface area (Å²) >= 11 is 18.4. The first-order chi connectivity index (χ1) is 14.0. The molecular weight excluding hydrogens is 479 g/mol. The van der Waals surface area contributed by atoms with Crippen LogP contribution in [0.15, 0.2) is 30.3 Å². The molecule has 0 heterocycles. The fourth-order valence-electron chi connectivity index (χ4n) is 2.31. The summed E-state index contributed by atoms with van der Waals surface area (Å²) in [5.41, 5.74) is 1.06. The van der Waals surface area contributed by atoms with Crippen LogP contribution < -0.4 is 14.8 Å². The predicted octanol–water partition coefficient (Wildman–Crippen LogP) is 4.40. The van der Waals surface area contributed by atoms with Crippen LogP contribution in [-0.4, -0.2) is 31.2 Å². The Morgan fingerprint density at radius 3 is 2.23 bits per heavy atom. The Morgan fingerprint density at radius 1 is 1.03 bits per heavy atom. The third-order valence-electron chi connectivity index (χ3n) is 3.59. The number of rotatable bonds is 9. The maximum absolute atomic E-state index is 11.7. The minimum Gasteiger partial charge on any atom is -0.486 e. The zero-order valence-corrected chi connectivity index (χ0v) is 18.6. The fraction of sp³-hybridized carbons (Fsp3) is 0.222. The van der Waals surface area contributed by atoms with Gasteiger partial charge >= 0.3 is 5.97 Å². The fourth-order valence-corrected chi connectivity index (χ4v) is 3.79. The molecule has 0 aliphatic carbocycles. The maximum Gasteiger partial charge on any atom is 0.312 e. The Morgan fingerprint density at radius 2 is 1.67 bits per heavy atom. The second-order valence-electron chi connectivity index (χ2n) is 6.03. The number of benzene rings is 2. The summed E-state index contributed by atoms with van der Waals surface area (Å²) in [6, 6.07) is 7.34. The Hall–Kier alpha value is -2.20. The van der Waals surface area contributed by atoms with Gasteiger partial charge < -0.3 is 15.2 Å². The summed E-state index contributed by atoms with van der Waals surface area (Å²) in [5, 5.41) is 11.5. The van der Waals surface area contributed by atoms with Gasteiger partial charge in [0.1, 0.15) is 13.0 Å². The molecule has 3 N–H and O–H groups in total. The molecule has 0 aromatic heterocycles. The van der Waals surface area contributed by atoms with Gasteiger partial charge in [0.05, 0.1) is 21.5 Å². The van der Waals surface area contributed by atoms with Gasteiger partial charge in [0, 0.05) is 10.7 Å². The van der Waals surface area contributed by atoms with Crippen molar-refractivity contribution in [3.8, 4) is 5.75 Å². The van der Waals surface area contributed by atoms with Crippen molar-refractivity contribution in [1.82, 2.24) is 0 Å². The maximum atomic E-state index is 11.7. The molecule has 0 aliphatic heterocycles. The van der Waals surface area contributed by atoms with Crippen LogP contribution in [0.5, 0.6) is 5.75 Å². The van der Waals surface area contributed by atoms with Crippen LogP contribution in [0.2, 0.25) is 15.1 Å². The average molecular weight is 496 g/mol. The molecule has 0 bridgehead atoms.